The maximum atomic E-state index is 10.2. The smallest absolute Gasteiger partial charge is 0.218 e. The van der Waals surface area contributed by atoms with E-state index >= 15 is 0 Å². The van der Waals surface area contributed by atoms with Crippen LogP contribution in [0.3, 0.4) is 0 Å². The Hall–Kier alpha value is -1.61. The molecule has 5 nitrogen and oxygen atoms in total. The molecule has 4 rings (SSSR count). The highest BCUT2D eigenvalue weighted by Gasteiger charge is 2.20. The van der Waals surface area contributed by atoms with Crippen molar-refractivity contribution in [3.05, 3.63) is 26.6 Å². The third-order valence-corrected chi connectivity index (χ3v) is 8.59. The molecule has 0 amide bonds. The van der Waals surface area contributed by atoms with Crippen LogP contribution in [0.25, 0.3) is 21.6 Å². The van der Waals surface area contributed by atoms with Crippen molar-refractivity contribution in [2.24, 2.45) is 12.0 Å². The van der Waals surface area contributed by atoms with Crippen molar-refractivity contribution in [2.75, 3.05) is 13.2 Å². The highest BCUT2D eigenvalue weighted by molar-refractivity contribution is 8.15. The lowest BCUT2D eigenvalue weighted by molar-refractivity contribution is -0.0140. The number of hydrogen-bond donors (Lipinski definition) is 1. The standard InChI is InChI=1S/C21H25N3O2S3/c1-6-26-21(3,4)7-8-22-17-11-16-19(29-17)18-15(28-16)10-13(27-18)9-14-20(25)24(5)12(2)23-14/h9-11,25H,6-8H2,1-5H3. The van der Waals surface area contributed by atoms with E-state index in [4.69, 9.17) is 9.73 Å². The number of fused-ring (bicyclic) bond motifs is 3. The molecule has 0 aliphatic carbocycles. The van der Waals surface area contributed by atoms with Crippen LogP contribution in [0, 0.1) is 6.92 Å². The average Bonchev–Trinajstić information content (AvgIpc) is 3.34. The summed E-state index contributed by atoms with van der Waals surface area (Å²) in [5.74, 6) is 1.00. The second kappa shape index (κ2) is 7.91. The number of ether oxygens (including phenoxy) is 1. The van der Waals surface area contributed by atoms with Crippen LogP contribution >= 0.6 is 34.4 Å². The van der Waals surface area contributed by atoms with Crippen LogP contribution in [-0.4, -0.2) is 38.5 Å². The molecule has 0 saturated carbocycles. The molecule has 154 valence electrons. The molecule has 0 unspecified atom stereocenters. The van der Waals surface area contributed by atoms with Crippen molar-refractivity contribution < 1.29 is 9.84 Å². The molecular formula is C21H25N3O2S3. The first-order valence-corrected chi connectivity index (χ1v) is 12.1. The Balaban J connectivity index is 1.55. The Bertz CT molecular complexity index is 1210. The monoisotopic (exact) mass is 447 g/mol. The first-order chi connectivity index (χ1) is 13.8. The van der Waals surface area contributed by atoms with Gasteiger partial charge < -0.3 is 14.4 Å². The molecule has 0 atom stereocenters. The number of imidazole rings is 1. The Morgan fingerprint density at radius 1 is 1.34 bits per heavy atom. The predicted octanol–water partition coefficient (Wildman–Crippen LogP) is 4.03. The highest BCUT2D eigenvalue weighted by atomic mass is 32.2. The van der Waals surface area contributed by atoms with E-state index in [-0.39, 0.29) is 11.5 Å². The van der Waals surface area contributed by atoms with Crippen LogP contribution in [-0.2, 0) is 11.8 Å². The molecule has 4 heterocycles. The Morgan fingerprint density at radius 3 is 2.83 bits per heavy atom. The topological polar surface area (TPSA) is 59.6 Å². The molecule has 0 radical (unpaired) electrons. The number of aromatic hydroxyl groups is 1. The fourth-order valence-corrected chi connectivity index (χ4v) is 7.10. The Kier molecular flexibility index (Phi) is 5.63. The molecule has 0 fully saturated rings. The van der Waals surface area contributed by atoms with Gasteiger partial charge in [-0.15, -0.1) is 22.7 Å². The van der Waals surface area contributed by atoms with Crippen molar-refractivity contribution in [1.82, 2.24) is 9.55 Å². The van der Waals surface area contributed by atoms with E-state index in [1.165, 1.54) is 18.8 Å². The van der Waals surface area contributed by atoms with Crippen LogP contribution in [0.15, 0.2) is 16.0 Å². The summed E-state index contributed by atoms with van der Waals surface area (Å²) in [6, 6.07) is 2.18. The van der Waals surface area contributed by atoms with E-state index in [0.717, 1.165) is 35.0 Å². The fourth-order valence-electron chi connectivity index (χ4n) is 3.24. The summed E-state index contributed by atoms with van der Waals surface area (Å²) in [7, 11) is 1.82. The van der Waals surface area contributed by atoms with Gasteiger partial charge in [0.25, 0.3) is 0 Å². The van der Waals surface area contributed by atoms with Crippen LogP contribution in [0.5, 0.6) is 5.88 Å². The largest absolute Gasteiger partial charge is 0.493 e. The number of aliphatic imine (C=N–C) groups is 1. The van der Waals surface area contributed by atoms with Gasteiger partial charge in [0.15, 0.2) is 0 Å². The number of aromatic nitrogens is 2. The maximum absolute atomic E-state index is 10.2. The molecule has 0 saturated heterocycles. The first kappa shape index (κ1) is 20.7. The normalized spacial score (nSPS) is 16.2. The quantitative estimate of drug-likeness (QED) is 0.620. The average molecular weight is 448 g/mol. The van der Waals surface area contributed by atoms with E-state index < -0.39 is 0 Å². The molecule has 1 aliphatic rings. The first-order valence-electron chi connectivity index (χ1n) is 9.62. The molecule has 3 aromatic heterocycles. The van der Waals surface area contributed by atoms with E-state index in [9.17, 15) is 5.11 Å². The van der Waals surface area contributed by atoms with Crippen molar-refractivity contribution in [1.29, 1.82) is 0 Å². The van der Waals surface area contributed by atoms with Gasteiger partial charge in [-0.2, -0.15) is 0 Å². The van der Waals surface area contributed by atoms with Gasteiger partial charge in [-0.1, -0.05) is 11.8 Å². The van der Waals surface area contributed by atoms with Crippen LogP contribution in [0.4, 0.5) is 0 Å². The molecule has 8 heteroatoms. The minimum absolute atomic E-state index is 0.131. The molecule has 1 N–H and O–H groups in total. The summed E-state index contributed by atoms with van der Waals surface area (Å²) in [5.41, 5.74) is 0.488. The summed E-state index contributed by atoms with van der Waals surface area (Å²) in [6.45, 7) is 9.65. The zero-order chi connectivity index (χ0) is 20.8. The van der Waals surface area contributed by atoms with Crippen LogP contribution < -0.4 is 9.06 Å². The Labute approximate surface area is 182 Å². The second-order valence-corrected chi connectivity index (χ2v) is 10.8. The predicted molar refractivity (Wildman–Crippen MR) is 125 cm³/mol. The van der Waals surface area contributed by atoms with Gasteiger partial charge in [-0.3, -0.25) is 4.99 Å². The van der Waals surface area contributed by atoms with E-state index in [1.807, 2.05) is 27.0 Å². The van der Waals surface area contributed by atoms with E-state index in [2.05, 4.69) is 31.0 Å². The third kappa shape index (κ3) is 4.17. The lowest BCUT2D eigenvalue weighted by Gasteiger charge is -2.23. The maximum Gasteiger partial charge on any atom is 0.218 e. The van der Waals surface area contributed by atoms with Gasteiger partial charge in [-0.25, -0.2) is 4.98 Å². The summed E-state index contributed by atoms with van der Waals surface area (Å²) >= 11 is 5.30. The van der Waals surface area contributed by atoms with Crippen molar-refractivity contribution >= 4 is 61.0 Å². The number of rotatable bonds is 6. The molecule has 0 aromatic carbocycles. The number of thiophene rings is 2. The van der Waals surface area contributed by atoms with Gasteiger partial charge in [0.1, 0.15) is 11.5 Å². The third-order valence-electron chi connectivity index (χ3n) is 4.94. The van der Waals surface area contributed by atoms with E-state index in [1.54, 1.807) is 39.0 Å². The zero-order valence-electron chi connectivity index (χ0n) is 17.3. The van der Waals surface area contributed by atoms with Crippen LogP contribution in [0.1, 0.15) is 38.7 Å². The molecule has 0 spiro atoms. The fraction of sp³-hybridized carbons (Fsp3) is 0.429. The molecule has 1 aliphatic heterocycles. The van der Waals surface area contributed by atoms with Gasteiger partial charge in [0, 0.05) is 38.9 Å². The summed E-state index contributed by atoms with van der Waals surface area (Å²) in [4.78, 5) is 10.5. The van der Waals surface area contributed by atoms with E-state index in [0.29, 0.717) is 5.69 Å². The lowest BCUT2D eigenvalue weighted by Crippen LogP contribution is -2.25. The number of aryl methyl sites for hydroxylation is 1. The molecule has 0 bridgehead atoms. The molecule has 3 aromatic rings. The van der Waals surface area contributed by atoms with Gasteiger partial charge in [-0.05, 0) is 52.3 Å². The van der Waals surface area contributed by atoms with Crippen molar-refractivity contribution in [2.45, 2.75) is 44.6 Å². The van der Waals surface area contributed by atoms with Gasteiger partial charge >= 0.3 is 0 Å². The minimum Gasteiger partial charge on any atom is -0.493 e. The SMILES string of the molecule is CCOC(C)(C)CCN=C1C=c2sc3cc(=Cc4nc(C)n(C)c4O)sc3c2S1. The van der Waals surface area contributed by atoms with Crippen molar-refractivity contribution in [3.63, 3.8) is 0 Å². The molecular weight excluding hydrogens is 422 g/mol. The number of thioether (sulfide) groups is 1. The molecule has 29 heavy (non-hydrogen) atoms. The Morgan fingerprint density at radius 2 is 2.14 bits per heavy atom. The lowest BCUT2D eigenvalue weighted by atomic mass is 10.1. The van der Waals surface area contributed by atoms with Gasteiger partial charge in [0.2, 0.25) is 5.88 Å². The van der Waals surface area contributed by atoms with Crippen LogP contribution in [0.2, 0.25) is 0 Å². The van der Waals surface area contributed by atoms with Crippen molar-refractivity contribution in [3.8, 4) is 5.88 Å². The highest BCUT2D eigenvalue weighted by Crippen LogP contribution is 2.36. The second-order valence-electron chi connectivity index (χ2n) is 7.62. The van der Waals surface area contributed by atoms with Gasteiger partial charge in [0.05, 0.1) is 15.3 Å². The zero-order valence-corrected chi connectivity index (χ0v) is 19.7. The number of hydrogen-bond acceptors (Lipinski definition) is 7. The minimum atomic E-state index is -0.131. The summed E-state index contributed by atoms with van der Waals surface area (Å²) < 4.78 is 12.4. The summed E-state index contributed by atoms with van der Waals surface area (Å²) in [6.07, 6.45) is 5.07. The number of nitrogens with zero attached hydrogens (tertiary/aromatic N) is 3. The summed E-state index contributed by atoms with van der Waals surface area (Å²) in [5, 5.41) is 11.3.